The molecule has 0 saturated carbocycles. The van der Waals surface area contributed by atoms with Gasteiger partial charge in [-0.3, -0.25) is 0 Å². The first-order valence-corrected chi connectivity index (χ1v) is 11.1. The second-order valence-electron chi connectivity index (χ2n) is 7.83. The summed E-state index contributed by atoms with van der Waals surface area (Å²) in [6.45, 7) is 3.92. The Kier molecular flexibility index (Phi) is 8.10. The maximum absolute atomic E-state index is 6.37. The van der Waals surface area contributed by atoms with Gasteiger partial charge in [-0.2, -0.15) is 0 Å². The third-order valence-corrected chi connectivity index (χ3v) is 5.47. The second-order valence-corrected chi connectivity index (χ2v) is 7.83. The molecule has 1 heterocycles. The van der Waals surface area contributed by atoms with Gasteiger partial charge in [0.05, 0.1) is 26.4 Å². The van der Waals surface area contributed by atoms with Gasteiger partial charge in [-0.1, -0.05) is 91.0 Å². The topological polar surface area (TPSA) is 36.9 Å². The van der Waals surface area contributed by atoms with E-state index in [2.05, 4.69) is 36.4 Å². The van der Waals surface area contributed by atoms with E-state index in [1.807, 2.05) is 67.6 Å². The van der Waals surface area contributed by atoms with Crippen LogP contribution in [0.3, 0.4) is 0 Å². The Morgan fingerprint density at radius 3 is 1.72 bits per heavy atom. The standard InChI is InChI=1S/C28H30O4/c1-2-25-27(30-19-23-14-8-4-9-15-23)28(31-20-24-16-10-5-11-17-24)26(32-25)21-29-18-22-12-6-3-7-13-22/h2-17,26-28H,18-21H2,1H3/b25-2-/t26-,27+,28-/m1/s1. The summed E-state index contributed by atoms with van der Waals surface area (Å²) in [5, 5.41) is 0. The monoisotopic (exact) mass is 430 g/mol. The second kappa shape index (κ2) is 11.6. The zero-order chi connectivity index (χ0) is 22.0. The quantitative estimate of drug-likeness (QED) is 0.415. The molecule has 1 fully saturated rings. The summed E-state index contributed by atoms with van der Waals surface area (Å²) in [6, 6.07) is 30.5. The van der Waals surface area contributed by atoms with Crippen molar-refractivity contribution >= 4 is 0 Å². The van der Waals surface area contributed by atoms with Gasteiger partial charge in [-0.05, 0) is 29.7 Å². The van der Waals surface area contributed by atoms with Crippen molar-refractivity contribution in [1.29, 1.82) is 0 Å². The van der Waals surface area contributed by atoms with Crippen molar-refractivity contribution in [1.82, 2.24) is 0 Å². The molecule has 4 rings (SSSR count). The van der Waals surface area contributed by atoms with Crippen LogP contribution in [0.2, 0.25) is 0 Å². The Labute approximate surface area is 190 Å². The fourth-order valence-corrected chi connectivity index (χ4v) is 3.79. The van der Waals surface area contributed by atoms with Crippen LogP contribution in [0.5, 0.6) is 0 Å². The molecule has 4 heteroatoms. The van der Waals surface area contributed by atoms with Gasteiger partial charge < -0.3 is 18.9 Å². The molecular weight excluding hydrogens is 400 g/mol. The third-order valence-electron chi connectivity index (χ3n) is 5.47. The number of ether oxygens (including phenoxy) is 4. The fraction of sp³-hybridized carbons (Fsp3) is 0.286. The third kappa shape index (κ3) is 6.07. The summed E-state index contributed by atoms with van der Waals surface area (Å²) in [4.78, 5) is 0. The van der Waals surface area contributed by atoms with Crippen LogP contribution in [0, 0.1) is 0 Å². The highest BCUT2D eigenvalue weighted by molar-refractivity contribution is 5.17. The minimum atomic E-state index is -0.283. The lowest BCUT2D eigenvalue weighted by atomic mass is 10.1. The SMILES string of the molecule is C/C=C1\O[C@H](COCc2ccccc2)[C@@H](OCc2ccccc2)[C@H]1OCc1ccccc1. The zero-order valence-corrected chi connectivity index (χ0v) is 18.4. The largest absolute Gasteiger partial charge is 0.487 e. The van der Waals surface area contributed by atoms with Crippen molar-refractivity contribution in [3.63, 3.8) is 0 Å². The molecule has 0 aromatic heterocycles. The van der Waals surface area contributed by atoms with Gasteiger partial charge in [0.1, 0.15) is 18.0 Å². The summed E-state index contributed by atoms with van der Waals surface area (Å²) >= 11 is 0. The van der Waals surface area contributed by atoms with Crippen LogP contribution in [0.1, 0.15) is 23.6 Å². The first-order chi connectivity index (χ1) is 15.8. The van der Waals surface area contributed by atoms with Crippen molar-refractivity contribution in [2.75, 3.05) is 6.61 Å². The molecule has 0 bridgehead atoms. The Bertz CT molecular complexity index is 956. The van der Waals surface area contributed by atoms with Crippen molar-refractivity contribution in [3.8, 4) is 0 Å². The van der Waals surface area contributed by atoms with Crippen molar-refractivity contribution in [2.45, 2.75) is 45.1 Å². The van der Waals surface area contributed by atoms with Crippen LogP contribution in [-0.2, 0) is 38.8 Å². The molecule has 0 radical (unpaired) electrons. The number of benzene rings is 3. The van der Waals surface area contributed by atoms with Gasteiger partial charge in [0.15, 0.2) is 6.10 Å². The van der Waals surface area contributed by atoms with Crippen LogP contribution in [0.15, 0.2) is 103 Å². The van der Waals surface area contributed by atoms with Crippen LogP contribution >= 0.6 is 0 Å². The summed E-state index contributed by atoms with van der Waals surface area (Å²) in [6.07, 6.45) is 1.18. The van der Waals surface area contributed by atoms with Gasteiger partial charge in [0, 0.05) is 0 Å². The van der Waals surface area contributed by atoms with E-state index < -0.39 is 0 Å². The molecule has 1 aliphatic rings. The molecule has 0 amide bonds. The van der Waals surface area contributed by atoms with E-state index in [-0.39, 0.29) is 18.3 Å². The van der Waals surface area contributed by atoms with Crippen molar-refractivity contribution in [2.24, 2.45) is 0 Å². The van der Waals surface area contributed by atoms with E-state index in [4.69, 9.17) is 18.9 Å². The molecule has 4 nitrogen and oxygen atoms in total. The van der Waals surface area contributed by atoms with E-state index in [0.717, 1.165) is 22.4 Å². The molecular formula is C28H30O4. The first kappa shape index (κ1) is 22.3. The van der Waals surface area contributed by atoms with Gasteiger partial charge in [0.2, 0.25) is 0 Å². The van der Waals surface area contributed by atoms with Crippen molar-refractivity contribution in [3.05, 3.63) is 120 Å². The highest BCUT2D eigenvalue weighted by Gasteiger charge is 2.43. The molecule has 3 aromatic carbocycles. The van der Waals surface area contributed by atoms with E-state index in [1.54, 1.807) is 0 Å². The predicted molar refractivity (Wildman–Crippen MR) is 125 cm³/mol. The minimum absolute atomic E-state index is 0.241. The fourth-order valence-electron chi connectivity index (χ4n) is 3.79. The van der Waals surface area contributed by atoms with Gasteiger partial charge >= 0.3 is 0 Å². The van der Waals surface area contributed by atoms with Crippen LogP contribution in [0.25, 0.3) is 0 Å². The average Bonchev–Trinajstić information content (AvgIpc) is 3.19. The smallest absolute Gasteiger partial charge is 0.151 e. The summed E-state index contributed by atoms with van der Waals surface area (Å²) in [5.41, 5.74) is 3.37. The van der Waals surface area contributed by atoms with Gasteiger partial charge in [0.25, 0.3) is 0 Å². The predicted octanol–water partition coefficient (Wildman–Crippen LogP) is 5.68. The first-order valence-electron chi connectivity index (χ1n) is 11.1. The molecule has 3 aromatic rings. The average molecular weight is 431 g/mol. The molecule has 1 saturated heterocycles. The molecule has 0 unspecified atom stereocenters. The minimum Gasteiger partial charge on any atom is -0.487 e. The molecule has 166 valence electrons. The summed E-state index contributed by atoms with van der Waals surface area (Å²) in [5.74, 6) is 0.798. The molecule has 32 heavy (non-hydrogen) atoms. The molecule has 3 atom stereocenters. The van der Waals surface area contributed by atoms with E-state index in [9.17, 15) is 0 Å². The van der Waals surface area contributed by atoms with Crippen LogP contribution in [0.4, 0.5) is 0 Å². The van der Waals surface area contributed by atoms with E-state index >= 15 is 0 Å². The van der Waals surface area contributed by atoms with Gasteiger partial charge in [-0.25, -0.2) is 0 Å². The van der Waals surface area contributed by atoms with Gasteiger partial charge in [-0.15, -0.1) is 0 Å². The lowest BCUT2D eigenvalue weighted by molar-refractivity contribution is -0.0894. The van der Waals surface area contributed by atoms with Crippen LogP contribution in [-0.4, -0.2) is 24.9 Å². The highest BCUT2D eigenvalue weighted by atomic mass is 16.6. The summed E-state index contributed by atoms with van der Waals surface area (Å²) in [7, 11) is 0. The Morgan fingerprint density at radius 1 is 0.688 bits per heavy atom. The molecule has 0 aliphatic carbocycles. The highest BCUT2D eigenvalue weighted by Crippen LogP contribution is 2.31. The van der Waals surface area contributed by atoms with E-state index in [0.29, 0.717) is 26.4 Å². The Hall–Kier alpha value is -2.92. The summed E-state index contributed by atoms with van der Waals surface area (Å²) < 4.78 is 24.9. The Morgan fingerprint density at radius 2 is 1.19 bits per heavy atom. The lowest BCUT2D eigenvalue weighted by Crippen LogP contribution is -2.37. The molecule has 1 aliphatic heterocycles. The Balaban J connectivity index is 1.44. The maximum Gasteiger partial charge on any atom is 0.151 e. The number of hydrogen-bond donors (Lipinski definition) is 0. The zero-order valence-electron chi connectivity index (χ0n) is 18.4. The molecule has 0 N–H and O–H groups in total. The molecule has 0 spiro atoms. The number of allylic oxidation sites excluding steroid dienone is 1. The lowest BCUT2D eigenvalue weighted by Gasteiger charge is -2.23. The van der Waals surface area contributed by atoms with E-state index in [1.165, 1.54) is 0 Å². The van der Waals surface area contributed by atoms with Crippen LogP contribution < -0.4 is 0 Å². The normalized spacial score (nSPS) is 21.5. The number of rotatable bonds is 10. The maximum atomic E-state index is 6.37. The number of hydrogen-bond acceptors (Lipinski definition) is 4. The van der Waals surface area contributed by atoms with Crippen molar-refractivity contribution < 1.29 is 18.9 Å².